The van der Waals surface area contributed by atoms with Crippen LogP contribution in [0, 0.1) is 0 Å². The lowest BCUT2D eigenvalue weighted by atomic mass is 10.1. The average Bonchev–Trinajstić information content (AvgIpc) is 2.72. The van der Waals surface area contributed by atoms with E-state index in [1.54, 1.807) is 10.8 Å². The molecule has 2 rings (SSSR count). The Morgan fingerprint density at radius 3 is 2.83 bits per heavy atom. The van der Waals surface area contributed by atoms with Crippen molar-refractivity contribution in [1.82, 2.24) is 9.88 Å². The second kappa shape index (κ2) is 5.96. The third kappa shape index (κ3) is 3.07. The molecule has 2 nitrogen and oxygen atoms in total. The first kappa shape index (κ1) is 13.0. The fourth-order valence-corrected chi connectivity index (χ4v) is 2.06. The van der Waals surface area contributed by atoms with Gasteiger partial charge in [0.05, 0.1) is 6.54 Å². The van der Waals surface area contributed by atoms with E-state index in [1.165, 1.54) is 0 Å². The van der Waals surface area contributed by atoms with Gasteiger partial charge in [-0.3, -0.25) is 0 Å². The van der Waals surface area contributed by atoms with Crippen LogP contribution in [-0.2, 0) is 13.1 Å². The number of nitrogens with zero attached hydrogens (tertiary/aromatic N) is 1. The molecule has 0 fully saturated rings. The third-order valence-electron chi connectivity index (χ3n) is 2.93. The zero-order valence-corrected chi connectivity index (χ0v) is 10.5. The van der Waals surface area contributed by atoms with Crippen LogP contribution >= 0.6 is 0 Å². The lowest BCUT2D eigenvalue weighted by molar-refractivity contribution is 0.128. The van der Waals surface area contributed by atoms with Crippen LogP contribution < -0.4 is 5.32 Å². The van der Waals surface area contributed by atoms with E-state index in [0.717, 1.165) is 36.0 Å². The Hall–Kier alpha value is -1.42. The largest absolute Gasteiger partial charge is 0.342 e. The molecule has 0 saturated carbocycles. The van der Waals surface area contributed by atoms with Crippen LogP contribution in [0.4, 0.5) is 8.78 Å². The Morgan fingerprint density at radius 1 is 1.28 bits per heavy atom. The second-order valence-corrected chi connectivity index (χ2v) is 4.43. The van der Waals surface area contributed by atoms with Gasteiger partial charge >= 0.3 is 0 Å². The molecule has 0 amide bonds. The van der Waals surface area contributed by atoms with Gasteiger partial charge in [0.15, 0.2) is 0 Å². The zero-order valence-electron chi connectivity index (χ0n) is 10.5. The summed E-state index contributed by atoms with van der Waals surface area (Å²) >= 11 is 0. The fourth-order valence-electron chi connectivity index (χ4n) is 2.06. The van der Waals surface area contributed by atoms with E-state index in [2.05, 4.69) is 12.2 Å². The van der Waals surface area contributed by atoms with E-state index < -0.39 is 6.43 Å². The van der Waals surface area contributed by atoms with E-state index >= 15 is 0 Å². The molecule has 0 atom stereocenters. The van der Waals surface area contributed by atoms with Crippen LogP contribution in [0.25, 0.3) is 10.9 Å². The number of benzene rings is 1. The summed E-state index contributed by atoms with van der Waals surface area (Å²) in [5, 5.41) is 4.32. The number of hydrogen-bond acceptors (Lipinski definition) is 1. The van der Waals surface area contributed by atoms with Gasteiger partial charge in [-0.15, -0.1) is 0 Å². The first-order valence-corrected chi connectivity index (χ1v) is 6.27. The highest BCUT2D eigenvalue weighted by atomic mass is 19.3. The van der Waals surface area contributed by atoms with E-state index in [0.29, 0.717) is 0 Å². The van der Waals surface area contributed by atoms with E-state index in [-0.39, 0.29) is 6.54 Å². The predicted molar refractivity (Wildman–Crippen MR) is 69.9 cm³/mol. The molecule has 0 aliphatic carbocycles. The van der Waals surface area contributed by atoms with Crippen molar-refractivity contribution < 1.29 is 8.78 Å². The van der Waals surface area contributed by atoms with Crippen LogP contribution in [0.2, 0.25) is 0 Å². The van der Waals surface area contributed by atoms with Gasteiger partial charge in [-0.1, -0.05) is 19.1 Å². The van der Waals surface area contributed by atoms with Crippen molar-refractivity contribution in [3.8, 4) is 0 Å². The fraction of sp³-hybridized carbons (Fsp3) is 0.429. The van der Waals surface area contributed by atoms with Crippen LogP contribution in [0.15, 0.2) is 30.5 Å². The van der Waals surface area contributed by atoms with Gasteiger partial charge < -0.3 is 9.88 Å². The Labute approximate surface area is 106 Å². The van der Waals surface area contributed by atoms with Crippen LogP contribution in [0.1, 0.15) is 18.9 Å². The number of rotatable bonds is 6. The highest BCUT2D eigenvalue weighted by Crippen LogP contribution is 2.18. The molecule has 1 aromatic carbocycles. The highest BCUT2D eigenvalue weighted by molar-refractivity contribution is 5.80. The molecule has 18 heavy (non-hydrogen) atoms. The molecular weight excluding hydrogens is 234 g/mol. The van der Waals surface area contributed by atoms with Crippen molar-refractivity contribution in [2.45, 2.75) is 32.9 Å². The van der Waals surface area contributed by atoms with Crippen molar-refractivity contribution in [3.63, 3.8) is 0 Å². The number of halogens is 2. The zero-order chi connectivity index (χ0) is 13.0. The van der Waals surface area contributed by atoms with Crippen molar-refractivity contribution in [3.05, 3.63) is 36.0 Å². The average molecular weight is 252 g/mol. The van der Waals surface area contributed by atoms with Gasteiger partial charge in [0.2, 0.25) is 0 Å². The smallest absolute Gasteiger partial charge is 0.256 e. The normalized spacial score (nSPS) is 11.6. The lowest BCUT2D eigenvalue weighted by Crippen LogP contribution is -2.13. The molecule has 0 saturated heterocycles. The first-order chi connectivity index (χ1) is 8.70. The SMILES string of the molecule is CCCNCc1ccc2ccn(CC(F)F)c2c1. The van der Waals surface area contributed by atoms with Crippen LogP contribution in [0.3, 0.4) is 0 Å². The van der Waals surface area contributed by atoms with Crippen molar-refractivity contribution in [2.75, 3.05) is 6.54 Å². The summed E-state index contributed by atoms with van der Waals surface area (Å²) in [6.07, 6.45) is 0.492. The summed E-state index contributed by atoms with van der Waals surface area (Å²) in [7, 11) is 0. The maximum absolute atomic E-state index is 12.4. The van der Waals surface area contributed by atoms with E-state index in [9.17, 15) is 8.78 Å². The molecule has 0 bridgehead atoms. The molecule has 1 N–H and O–H groups in total. The lowest BCUT2D eigenvalue weighted by Gasteiger charge is -2.07. The summed E-state index contributed by atoms with van der Waals surface area (Å²) in [6.45, 7) is 3.62. The molecular formula is C14H18F2N2. The minimum Gasteiger partial charge on any atom is -0.342 e. The van der Waals surface area contributed by atoms with Gasteiger partial charge in [0.1, 0.15) is 0 Å². The molecule has 0 aliphatic rings. The minimum absolute atomic E-state index is 0.241. The summed E-state index contributed by atoms with van der Waals surface area (Å²) in [5.41, 5.74) is 2.01. The standard InChI is InChI=1S/C14H18F2N2/c1-2-6-17-9-11-3-4-12-5-7-18(10-14(15)16)13(12)8-11/h3-5,7-8,14,17H,2,6,9-10H2,1H3. The Balaban J connectivity index is 2.19. The van der Waals surface area contributed by atoms with Crippen LogP contribution in [-0.4, -0.2) is 17.5 Å². The second-order valence-electron chi connectivity index (χ2n) is 4.43. The highest BCUT2D eigenvalue weighted by Gasteiger charge is 2.07. The molecule has 0 spiro atoms. The van der Waals surface area contributed by atoms with E-state index in [1.807, 2.05) is 24.3 Å². The number of alkyl halides is 2. The maximum atomic E-state index is 12.4. The molecule has 4 heteroatoms. The van der Waals surface area contributed by atoms with Gasteiger partial charge in [-0.05, 0) is 36.0 Å². The summed E-state index contributed by atoms with van der Waals surface area (Å²) in [4.78, 5) is 0. The number of aromatic nitrogens is 1. The molecule has 1 heterocycles. The molecule has 1 aromatic heterocycles. The summed E-state index contributed by atoms with van der Waals surface area (Å²) in [6, 6.07) is 7.89. The molecule has 0 radical (unpaired) electrons. The van der Waals surface area contributed by atoms with Gasteiger partial charge in [0.25, 0.3) is 6.43 Å². The van der Waals surface area contributed by atoms with Gasteiger partial charge in [-0.25, -0.2) is 8.78 Å². The maximum Gasteiger partial charge on any atom is 0.256 e. The number of nitrogens with one attached hydrogen (secondary N) is 1. The van der Waals surface area contributed by atoms with Crippen molar-refractivity contribution in [1.29, 1.82) is 0 Å². The molecule has 0 aliphatic heterocycles. The Kier molecular flexibility index (Phi) is 4.31. The Morgan fingerprint density at radius 2 is 2.11 bits per heavy atom. The van der Waals surface area contributed by atoms with Crippen molar-refractivity contribution in [2.24, 2.45) is 0 Å². The number of fused-ring (bicyclic) bond motifs is 1. The summed E-state index contributed by atoms with van der Waals surface area (Å²) < 4.78 is 26.5. The number of hydrogen-bond donors (Lipinski definition) is 1. The molecule has 0 unspecified atom stereocenters. The van der Waals surface area contributed by atoms with Gasteiger partial charge in [-0.2, -0.15) is 0 Å². The first-order valence-electron chi connectivity index (χ1n) is 6.27. The summed E-state index contributed by atoms with van der Waals surface area (Å²) in [5.74, 6) is 0. The topological polar surface area (TPSA) is 17.0 Å². The Bertz CT molecular complexity index is 505. The molecule has 98 valence electrons. The predicted octanol–water partition coefficient (Wildman–Crippen LogP) is 3.41. The van der Waals surface area contributed by atoms with Crippen LogP contribution in [0.5, 0.6) is 0 Å². The van der Waals surface area contributed by atoms with Gasteiger partial charge in [0, 0.05) is 18.3 Å². The monoisotopic (exact) mass is 252 g/mol. The minimum atomic E-state index is -2.32. The van der Waals surface area contributed by atoms with E-state index in [4.69, 9.17) is 0 Å². The molecule has 2 aromatic rings. The van der Waals surface area contributed by atoms with Crippen molar-refractivity contribution >= 4 is 10.9 Å². The third-order valence-corrected chi connectivity index (χ3v) is 2.93. The quantitative estimate of drug-likeness (QED) is 0.780.